The Morgan fingerprint density at radius 2 is 1.18 bits per heavy atom. The first-order valence-electron chi connectivity index (χ1n) is 3.52. The molecule has 0 aromatic carbocycles. The van der Waals surface area contributed by atoms with Crippen LogP contribution in [-0.2, 0) is 0 Å². The number of hydrogen-bond acceptors (Lipinski definition) is 1. The third-order valence-electron chi connectivity index (χ3n) is 0.512. The van der Waals surface area contributed by atoms with Gasteiger partial charge in [-0.25, -0.2) is 0 Å². The van der Waals surface area contributed by atoms with E-state index in [0.717, 1.165) is 12.8 Å². The first-order valence-corrected chi connectivity index (χ1v) is 3.52. The van der Waals surface area contributed by atoms with Crippen molar-refractivity contribution in [2.75, 3.05) is 6.61 Å². The summed E-state index contributed by atoms with van der Waals surface area (Å²) in [6.07, 6.45) is 2.04. The monoisotopic (exact) mass is 158 g/mol. The van der Waals surface area contributed by atoms with Crippen LogP contribution >= 0.6 is 0 Å². The summed E-state index contributed by atoms with van der Waals surface area (Å²) in [7, 11) is 0. The van der Waals surface area contributed by atoms with E-state index in [9.17, 15) is 0 Å². The summed E-state index contributed by atoms with van der Waals surface area (Å²) in [6.45, 7) is 20.4. The zero-order valence-corrected chi connectivity index (χ0v) is 7.81. The van der Waals surface area contributed by atoms with Crippen molar-refractivity contribution in [2.24, 2.45) is 0 Å². The van der Waals surface area contributed by atoms with E-state index in [1.54, 1.807) is 0 Å². The minimum absolute atomic E-state index is 0.344. The molecular formula is C10H22O. The van der Waals surface area contributed by atoms with Crippen LogP contribution in [0.4, 0.5) is 0 Å². The van der Waals surface area contributed by atoms with Crippen molar-refractivity contribution in [3.8, 4) is 0 Å². The molecule has 0 unspecified atom stereocenters. The number of rotatable bonds is 2. The Balaban J connectivity index is -0.0000000350. The lowest BCUT2D eigenvalue weighted by molar-refractivity contribution is 0.287. The second-order valence-electron chi connectivity index (χ2n) is 1.08. The Kier molecular flexibility index (Phi) is 264. The van der Waals surface area contributed by atoms with Crippen LogP contribution in [0.3, 0.4) is 0 Å². The average Bonchev–Trinajstić information content (AvgIpc) is 2.16. The average molecular weight is 158 g/mol. The fraction of sp³-hybridized carbons (Fsp3) is 0.400. The molecule has 0 saturated carbocycles. The summed E-state index contributed by atoms with van der Waals surface area (Å²) in [5.41, 5.74) is 0. The number of unbranched alkanes of at least 4 members (excludes halogenated alkanes) is 1. The molecule has 0 radical (unpaired) electrons. The topological polar surface area (TPSA) is 20.2 Å². The number of hydrogen-bond donors (Lipinski definition) is 1. The molecule has 1 nitrogen and oxygen atoms in total. The van der Waals surface area contributed by atoms with Crippen molar-refractivity contribution in [1.29, 1.82) is 0 Å². The van der Waals surface area contributed by atoms with Crippen molar-refractivity contribution in [3.05, 3.63) is 39.5 Å². The Morgan fingerprint density at radius 3 is 1.18 bits per heavy atom. The van der Waals surface area contributed by atoms with Gasteiger partial charge in [-0.05, 0) is 6.42 Å². The third-order valence-corrected chi connectivity index (χ3v) is 0.512. The van der Waals surface area contributed by atoms with Gasteiger partial charge < -0.3 is 5.11 Å². The minimum atomic E-state index is 0.344. The minimum Gasteiger partial charge on any atom is -0.396 e. The highest BCUT2D eigenvalue weighted by molar-refractivity contribution is 4.23. The molecule has 11 heavy (non-hydrogen) atoms. The van der Waals surface area contributed by atoms with Gasteiger partial charge in [0.1, 0.15) is 0 Å². The standard InChI is InChI=1S/C4H10O.3C2H4/c1-2-3-4-5;3*1-2/h5H,2-4H2,1H3;3*1-2H2. The van der Waals surface area contributed by atoms with E-state index in [4.69, 9.17) is 5.11 Å². The van der Waals surface area contributed by atoms with Crippen LogP contribution in [0.5, 0.6) is 0 Å². The van der Waals surface area contributed by atoms with Gasteiger partial charge >= 0.3 is 0 Å². The Bertz CT molecular complexity index is 29.1. The molecule has 0 fully saturated rings. The largest absolute Gasteiger partial charge is 0.396 e. The summed E-state index contributed by atoms with van der Waals surface area (Å²) in [6, 6.07) is 0. The first-order chi connectivity index (χ1) is 5.41. The van der Waals surface area contributed by atoms with Crippen LogP contribution < -0.4 is 0 Å². The van der Waals surface area contributed by atoms with E-state index in [2.05, 4.69) is 46.4 Å². The molecule has 0 aliphatic carbocycles. The van der Waals surface area contributed by atoms with Gasteiger partial charge in [0, 0.05) is 6.61 Å². The van der Waals surface area contributed by atoms with Crippen molar-refractivity contribution in [3.63, 3.8) is 0 Å². The first kappa shape index (κ1) is 22.5. The van der Waals surface area contributed by atoms with Crippen LogP contribution in [0.2, 0.25) is 0 Å². The molecule has 1 N–H and O–H groups in total. The van der Waals surface area contributed by atoms with Crippen LogP contribution in [0, 0.1) is 0 Å². The van der Waals surface area contributed by atoms with E-state index in [1.165, 1.54) is 0 Å². The van der Waals surface area contributed by atoms with Crippen molar-refractivity contribution in [2.45, 2.75) is 19.8 Å². The molecule has 0 bridgehead atoms. The zero-order valence-electron chi connectivity index (χ0n) is 7.81. The molecule has 0 heterocycles. The maximum Gasteiger partial charge on any atom is 0.0430 e. The maximum atomic E-state index is 8.07. The van der Waals surface area contributed by atoms with Gasteiger partial charge in [0.15, 0.2) is 0 Å². The lowest BCUT2D eigenvalue weighted by Gasteiger charge is -1.79. The van der Waals surface area contributed by atoms with Gasteiger partial charge in [0.25, 0.3) is 0 Å². The quantitative estimate of drug-likeness (QED) is 0.612. The Labute approximate surface area is 71.8 Å². The van der Waals surface area contributed by atoms with Crippen molar-refractivity contribution >= 4 is 0 Å². The predicted octanol–water partition coefficient (Wildman–Crippen LogP) is 3.19. The molecule has 0 aromatic heterocycles. The molecular weight excluding hydrogens is 136 g/mol. The fourth-order valence-corrected chi connectivity index (χ4v) is 0.158. The third kappa shape index (κ3) is 340. The summed E-state index contributed by atoms with van der Waals surface area (Å²) < 4.78 is 0. The summed E-state index contributed by atoms with van der Waals surface area (Å²) in [5, 5.41) is 8.07. The van der Waals surface area contributed by atoms with Crippen molar-refractivity contribution < 1.29 is 5.11 Å². The Hall–Kier alpha value is -0.820. The summed E-state index contributed by atoms with van der Waals surface area (Å²) in [5.74, 6) is 0. The molecule has 0 rings (SSSR count). The van der Waals surface area contributed by atoms with E-state index in [1.807, 2.05) is 0 Å². The lowest BCUT2D eigenvalue weighted by atomic mass is 10.4. The second kappa shape index (κ2) is 129. The van der Waals surface area contributed by atoms with Gasteiger partial charge in [0.2, 0.25) is 0 Å². The van der Waals surface area contributed by atoms with Crippen molar-refractivity contribution in [1.82, 2.24) is 0 Å². The highest BCUT2D eigenvalue weighted by Gasteiger charge is 1.69. The molecule has 0 aliphatic rings. The highest BCUT2D eigenvalue weighted by Crippen LogP contribution is 1.78. The predicted molar refractivity (Wildman–Crippen MR) is 55.8 cm³/mol. The molecule has 0 spiro atoms. The summed E-state index contributed by atoms with van der Waals surface area (Å²) in [4.78, 5) is 0. The molecule has 0 saturated heterocycles. The van der Waals surface area contributed by atoms with Crippen LogP contribution in [0.1, 0.15) is 19.8 Å². The van der Waals surface area contributed by atoms with E-state index >= 15 is 0 Å². The lowest BCUT2D eigenvalue weighted by Crippen LogP contribution is -1.75. The molecule has 0 aliphatic heterocycles. The van der Waals surface area contributed by atoms with E-state index in [0.29, 0.717) is 6.61 Å². The molecule has 0 aromatic rings. The molecule has 0 atom stereocenters. The van der Waals surface area contributed by atoms with Crippen LogP contribution in [0.15, 0.2) is 39.5 Å². The van der Waals surface area contributed by atoms with Crippen LogP contribution in [0.25, 0.3) is 0 Å². The SMILES string of the molecule is C=C.C=C.C=C.CCCCO. The fourth-order valence-electron chi connectivity index (χ4n) is 0.158. The number of aliphatic hydroxyl groups is 1. The molecule has 68 valence electrons. The molecule has 0 amide bonds. The molecule has 1 heteroatoms. The van der Waals surface area contributed by atoms with E-state index < -0.39 is 0 Å². The zero-order chi connectivity index (χ0) is 10.1. The van der Waals surface area contributed by atoms with Gasteiger partial charge in [-0.15, -0.1) is 39.5 Å². The van der Waals surface area contributed by atoms with Gasteiger partial charge in [-0.2, -0.15) is 0 Å². The van der Waals surface area contributed by atoms with Gasteiger partial charge in [-0.3, -0.25) is 0 Å². The van der Waals surface area contributed by atoms with E-state index in [-0.39, 0.29) is 0 Å². The maximum absolute atomic E-state index is 8.07. The van der Waals surface area contributed by atoms with Gasteiger partial charge in [-0.1, -0.05) is 13.3 Å². The second-order valence-corrected chi connectivity index (χ2v) is 1.08. The number of aliphatic hydroxyl groups excluding tert-OH is 1. The van der Waals surface area contributed by atoms with Gasteiger partial charge in [0.05, 0.1) is 0 Å². The Morgan fingerprint density at radius 1 is 0.909 bits per heavy atom. The highest BCUT2D eigenvalue weighted by atomic mass is 16.2. The summed E-state index contributed by atoms with van der Waals surface area (Å²) >= 11 is 0. The smallest absolute Gasteiger partial charge is 0.0430 e. The normalized spacial score (nSPS) is 4.91. The van der Waals surface area contributed by atoms with Crippen LogP contribution in [-0.4, -0.2) is 11.7 Å².